The fourth-order valence-electron chi connectivity index (χ4n) is 3.31. The molecule has 0 saturated carbocycles. The summed E-state index contributed by atoms with van der Waals surface area (Å²) >= 11 is 5.92. The molecule has 4 nitrogen and oxygen atoms in total. The molecule has 0 saturated heterocycles. The van der Waals surface area contributed by atoms with Crippen LogP contribution < -0.4 is 0 Å². The molecule has 234 valence electrons. The van der Waals surface area contributed by atoms with Gasteiger partial charge in [-0.2, -0.15) is 46.0 Å². The molecule has 4 rings (SSSR count). The summed E-state index contributed by atoms with van der Waals surface area (Å²) in [5.74, 6) is 0. The van der Waals surface area contributed by atoms with Crippen molar-refractivity contribution in [1.82, 2.24) is 0 Å². The molecular formula is C34H40Fe2O4Zr-14. The smallest absolute Gasteiger partial charge is 0 e. The Balaban J connectivity index is -0.000000207. The minimum Gasteiger partial charge on any atom is -0.999 e. The summed E-state index contributed by atoms with van der Waals surface area (Å²) in [7, 11) is 0. The topological polar surface area (TPSA) is 74.6 Å². The van der Waals surface area contributed by atoms with Crippen LogP contribution in [-0.2, 0) is 66.9 Å². The normalized spacial score (nSPS) is 8.44. The van der Waals surface area contributed by atoms with Crippen LogP contribution >= 0.6 is 0 Å². The summed E-state index contributed by atoms with van der Waals surface area (Å²) in [6.45, 7) is 28.5. The standard InChI is InChI=1S/2C10H15.C5H5.C5H.C2H2O2.2CHO.2Fe.Zr/c2*1-6-7(2)9(4)10(5)8(6)3;2*1-2-4-5-3-1;3-1-2-4;2*1-2;;;/h2*1-5H3;1-5H;1H;3-4H;2*1H;;;/q-5;2*-1;-5;;2*-1;;;. The van der Waals surface area contributed by atoms with Crippen LogP contribution in [0.4, 0.5) is 0 Å². The third kappa shape index (κ3) is 18.5. The van der Waals surface area contributed by atoms with Crippen molar-refractivity contribution in [3.63, 3.8) is 0 Å². The minimum atomic E-state index is -0.380. The summed E-state index contributed by atoms with van der Waals surface area (Å²) in [5, 5.41) is 16.2. The Bertz CT molecular complexity index is 923. The second kappa shape index (κ2) is 27.2. The molecule has 0 aliphatic carbocycles. The maximum atomic E-state index is 8.09. The summed E-state index contributed by atoms with van der Waals surface area (Å²) in [5.41, 5.74) is 14.7. The van der Waals surface area contributed by atoms with E-state index in [1.165, 1.54) is 55.6 Å². The number of hydrogen-bond acceptors (Lipinski definition) is 4. The van der Waals surface area contributed by atoms with Crippen molar-refractivity contribution in [2.75, 3.05) is 0 Å². The summed E-state index contributed by atoms with van der Waals surface area (Å²) < 4.78 is -0.759. The van der Waals surface area contributed by atoms with E-state index in [2.05, 4.69) is 138 Å². The van der Waals surface area contributed by atoms with Gasteiger partial charge in [0, 0.05) is 26.2 Å². The van der Waals surface area contributed by atoms with Gasteiger partial charge in [0.2, 0.25) is 0 Å². The average Bonchev–Trinajstić information content (AvgIpc) is 3.79. The minimum absolute atomic E-state index is 0. The first kappa shape index (κ1) is 46.3. The number of carbonyl (C=O) groups excluding carboxylic acids is 2. The molecule has 0 fully saturated rings. The van der Waals surface area contributed by atoms with E-state index in [9.17, 15) is 0 Å². The molecular weight excluding hydrogens is 675 g/mol. The third-order valence-electron chi connectivity index (χ3n) is 6.69. The van der Waals surface area contributed by atoms with Crippen LogP contribution in [0.1, 0.15) is 55.6 Å². The molecule has 0 aliphatic heterocycles. The maximum absolute atomic E-state index is 8.09. The molecule has 2 N–H and O–H groups in total. The van der Waals surface area contributed by atoms with Gasteiger partial charge in [-0.15, -0.1) is 0 Å². The number of aliphatic hydroxyl groups is 2. The van der Waals surface area contributed by atoms with Crippen molar-refractivity contribution in [2.24, 2.45) is 0 Å². The number of rotatable bonds is 1. The zero-order valence-electron chi connectivity index (χ0n) is 25.5. The summed E-state index contributed by atoms with van der Waals surface area (Å²) in [4.78, 5) is 15.5. The van der Waals surface area contributed by atoms with E-state index in [0.717, 1.165) is 0 Å². The van der Waals surface area contributed by atoms with Crippen molar-refractivity contribution in [1.29, 1.82) is 0 Å². The molecule has 0 aromatic heterocycles. The summed E-state index contributed by atoms with van der Waals surface area (Å²) in [6, 6.07) is 22.0. The van der Waals surface area contributed by atoms with Crippen molar-refractivity contribution >= 4 is 22.8 Å². The van der Waals surface area contributed by atoms with Gasteiger partial charge in [0.15, 0.2) is 0 Å². The van der Waals surface area contributed by atoms with Crippen LogP contribution in [0.15, 0.2) is 36.4 Å². The third-order valence-corrected chi connectivity index (χ3v) is 7.44. The van der Waals surface area contributed by atoms with E-state index in [-0.39, 0.29) is 35.4 Å². The Morgan fingerprint density at radius 3 is 1.05 bits per heavy atom. The van der Waals surface area contributed by atoms with Gasteiger partial charge in [0.05, 0.1) is 0 Å². The number of hydrogen-bond donors (Lipinski definition) is 2. The van der Waals surface area contributed by atoms with E-state index in [1.54, 1.807) is 6.07 Å². The molecule has 4 aromatic carbocycles. The van der Waals surface area contributed by atoms with Crippen LogP contribution in [0.2, 0.25) is 0 Å². The van der Waals surface area contributed by atoms with Crippen molar-refractivity contribution in [3.05, 3.63) is 116 Å². The molecule has 0 unspecified atom stereocenters. The molecule has 0 amide bonds. The Hall–Kier alpha value is -1.68. The molecule has 0 aliphatic rings. The largest absolute Gasteiger partial charge is 0.999 e. The fourth-order valence-corrected chi connectivity index (χ4v) is 3.31. The molecule has 0 atom stereocenters. The molecule has 41 heavy (non-hydrogen) atoms. The second-order valence-electron chi connectivity index (χ2n) is 8.45. The first-order valence-corrected chi connectivity index (χ1v) is 13.1. The van der Waals surface area contributed by atoms with Gasteiger partial charge in [-0.05, 0) is 0 Å². The summed E-state index contributed by atoms with van der Waals surface area (Å²) in [6.07, 6.45) is 0. The number of aliphatic hydroxyl groups excluding tert-OH is 2. The molecule has 0 heterocycles. The van der Waals surface area contributed by atoms with E-state index in [0.29, 0.717) is 0 Å². The van der Waals surface area contributed by atoms with E-state index < -0.39 is 0 Å². The Kier molecular flexibility index (Phi) is 30.7. The zero-order valence-corrected chi connectivity index (χ0v) is 30.2. The van der Waals surface area contributed by atoms with E-state index >= 15 is 0 Å². The predicted octanol–water partition coefficient (Wildman–Crippen LogP) is 6.44. The van der Waals surface area contributed by atoms with Gasteiger partial charge in [0.25, 0.3) is 0 Å². The second-order valence-corrected chi connectivity index (χ2v) is 9.50. The predicted molar refractivity (Wildman–Crippen MR) is 158 cm³/mol. The van der Waals surface area contributed by atoms with Gasteiger partial charge in [0.1, 0.15) is 0 Å². The van der Waals surface area contributed by atoms with Crippen LogP contribution in [0.25, 0.3) is 0 Å². The van der Waals surface area contributed by atoms with Crippen LogP contribution in [-0.4, -0.2) is 33.0 Å². The zero-order chi connectivity index (χ0) is 32.0. The molecule has 0 radical (unpaired) electrons. The fraction of sp³-hybridized carbons (Fsp3) is 0.294. The molecule has 0 bridgehead atoms. The molecule has 7 heteroatoms. The van der Waals surface area contributed by atoms with Crippen molar-refractivity contribution in [3.8, 4) is 0 Å². The monoisotopic (exact) mass is 714 g/mol. The van der Waals surface area contributed by atoms with E-state index in [4.69, 9.17) is 19.8 Å². The molecule has 4 aromatic rings. The Labute approximate surface area is 283 Å². The molecule has 0 spiro atoms. The van der Waals surface area contributed by atoms with Gasteiger partial charge in [-0.3, -0.25) is 13.6 Å². The van der Waals surface area contributed by atoms with Crippen molar-refractivity contribution in [2.45, 2.75) is 69.2 Å². The SMILES string of the molecule is C[c-]1[c-](C)[c-](C)[c-](C)[c-]1C.Cc1c(C)c(C)[c-](C)c1C.O[C](=[Fe])[C](O)=[Fe].[CH-]=O.[CH-]=O.[Zr].[c-]1[c-][c-][cH-][c-]1.c1cc[cH-]c1. The van der Waals surface area contributed by atoms with Crippen LogP contribution in [0.5, 0.6) is 0 Å². The Morgan fingerprint density at radius 1 is 0.683 bits per heavy atom. The first-order valence-electron chi connectivity index (χ1n) is 12.0. The van der Waals surface area contributed by atoms with Crippen LogP contribution in [0, 0.1) is 93.5 Å². The maximum Gasteiger partial charge on any atom is 0 e. The van der Waals surface area contributed by atoms with Gasteiger partial charge < -0.3 is 67.7 Å². The van der Waals surface area contributed by atoms with Crippen LogP contribution in [0.3, 0.4) is 0 Å². The Morgan fingerprint density at radius 2 is 0.951 bits per heavy atom. The van der Waals surface area contributed by atoms with Gasteiger partial charge in [-0.1, -0.05) is 34.6 Å². The van der Waals surface area contributed by atoms with Crippen molar-refractivity contribution < 1.29 is 77.2 Å². The van der Waals surface area contributed by atoms with Gasteiger partial charge >= 0.3 is 50.6 Å². The van der Waals surface area contributed by atoms with E-state index in [1.807, 2.05) is 30.3 Å². The van der Waals surface area contributed by atoms with Gasteiger partial charge in [-0.25, -0.2) is 46.8 Å². The first-order chi connectivity index (χ1) is 18.7. The average molecular weight is 716 g/mol. The quantitative estimate of drug-likeness (QED) is 0.135.